The molecule has 1 aliphatic heterocycles. The number of halogens is 3. The molecular formula is C15H16F3N5O. The maximum Gasteiger partial charge on any atom is 0.418 e. The van der Waals surface area contributed by atoms with Gasteiger partial charge in [0, 0.05) is 19.6 Å². The van der Waals surface area contributed by atoms with E-state index in [9.17, 15) is 18.0 Å². The van der Waals surface area contributed by atoms with E-state index in [1.807, 2.05) is 0 Å². The van der Waals surface area contributed by atoms with E-state index in [4.69, 9.17) is 0 Å². The Balaban J connectivity index is 1.87. The summed E-state index contributed by atoms with van der Waals surface area (Å²) in [6.45, 7) is 1.52. The van der Waals surface area contributed by atoms with Crippen molar-refractivity contribution in [3.05, 3.63) is 41.7 Å². The average Bonchev–Trinajstić information content (AvgIpc) is 3.24. The number of para-hydroxylation sites is 1. The molecule has 0 aliphatic carbocycles. The van der Waals surface area contributed by atoms with Gasteiger partial charge in [-0.25, -0.2) is 4.68 Å². The highest BCUT2D eigenvalue weighted by atomic mass is 19.4. The first kappa shape index (κ1) is 16.4. The number of benzene rings is 1. The first-order chi connectivity index (χ1) is 11.4. The minimum atomic E-state index is -4.51. The summed E-state index contributed by atoms with van der Waals surface area (Å²) in [7, 11) is 1.66. The molecule has 1 aromatic heterocycles. The molecule has 1 N–H and O–H groups in total. The van der Waals surface area contributed by atoms with Crippen LogP contribution in [0.4, 0.5) is 13.2 Å². The summed E-state index contributed by atoms with van der Waals surface area (Å²) in [6.07, 6.45) is -2.46. The number of likely N-dealkylation sites (N-methyl/N-ethyl adjacent to an activating group) is 1. The summed E-state index contributed by atoms with van der Waals surface area (Å²) in [5.41, 5.74) is -0.981. The lowest BCUT2D eigenvalue weighted by Crippen LogP contribution is -2.38. The Labute approximate surface area is 136 Å². The number of hydrogen-bond acceptors (Lipinski definition) is 4. The molecule has 2 heterocycles. The van der Waals surface area contributed by atoms with Gasteiger partial charge < -0.3 is 10.2 Å². The Kier molecular flexibility index (Phi) is 4.27. The van der Waals surface area contributed by atoms with E-state index in [-0.39, 0.29) is 23.3 Å². The van der Waals surface area contributed by atoms with Crippen LogP contribution in [0.2, 0.25) is 0 Å². The van der Waals surface area contributed by atoms with E-state index in [1.165, 1.54) is 24.4 Å². The zero-order valence-electron chi connectivity index (χ0n) is 12.9. The molecule has 3 rings (SSSR count). The molecule has 0 radical (unpaired) electrons. The van der Waals surface area contributed by atoms with Gasteiger partial charge in [0.05, 0.1) is 17.4 Å². The molecule has 9 heteroatoms. The van der Waals surface area contributed by atoms with Gasteiger partial charge in [-0.2, -0.15) is 13.2 Å². The topological polar surface area (TPSA) is 63.1 Å². The minimum absolute atomic E-state index is 0.0152. The summed E-state index contributed by atoms with van der Waals surface area (Å²) in [4.78, 5) is 14.0. The van der Waals surface area contributed by atoms with Crippen LogP contribution in [0.1, 0.15) is 22.5 Å². The number of rotatable bonds is 3. The summed E-state index contributed by atoms with van der Waals surface area (Å²) in [6, 6.07) is 5.08. The Hall–Kier alpha value is -2.42. The fraction of sp³-hybridized carbons (Fsp3) is 0.400. The van der Waals surface area contributed by atoms with Gasteiger partial charge in [-0.05, 0) is 25.1 Å². The molecule has 0 saturated carbocycles. The molecule has 1 aromatic carbocycles. The van der Waals surface area contributed by atoms with E-state index < -0.39 is 11.7 Å². The van der Waals surface area contributed by atoms with Crippen molar-refractivity contribution in [1.29, 1.82) is 0 Å². The molecule has 0 spiro atoms. The van der Waals surface area contributed by atoms with Gasteiger partial charge in [-0.3, -0.25) is 4.79 Å². The third kappa shape index (κ3) is 3.12. The molecule has 6 nitrogen and oxygen atoms in total. The molecule has 1 amide bonds. The van der Waals surface area contributed by atoms with Crippen molar-refractivity contribution in [3.8, 4) is 5.69 Å². The summed E-state index contributed by atoms with van der Waals surface area (Å²) in [5.74, 6) is -0.362. The van der Waals surface area contributed by atoms with Gasteiger partial charge in [-0.15, -0.1) is 5.10 Å². The van der Waals surface area contributed by atoms with Gasteiger partial charge in [0.1, 0.15) is 0 Å². The van der Waals surface area contributed by atoms with E-state index >= 15 is 0 Å². The first-order valence-electron chi connectivity index (χ1n) is 7.45. The Morgan fingerprint density at radius 2 is 2.12 bits per heavy atom. The number of aromatic nitrogens is 3. The monoisotopic (exact) mass is 339 g/mol. The number of amides is 1. The van der Waals surface area contributed by atoms with E-state index in [1.54, 1.807) is 11.9 Å². The lowest BCUT2D eigenvalue weighted by molar-refractivity contribution is -0.137. The molecule has 1 fully saturated rings. The van der Waals surface area contributed by atoms with Crippen molar-refractivity contribution < 1.29 is 18.0 Å². The van der Waals surface area contributed by atoms with Crippen molar-refractivity contribution in [3.63, 3.8) is 0 Å². The number of carbonyl (C=O) groups is 1. The minimum Gasteiger partial charge on any atom is -0.336 e. The highest BCUT2D eigenvalue weighted by molar-refractivity contribution is 5.92. The quantitative estimate of drug-likeness (QED) is 0.925. The van der Waals surface area contributed by atoms with Gasteiger partial charge >= 0.3 is 6.18 Å². The second-order valence-corrected chi connectivity index (χ2v) is 5.63. The van der Waals surface area contributed by atoms with Crippen LogP contribution in [0.25, 0.3) is 5.69 Å². The molecule has 1 saturated heterocycles. The Morgan fingerprint density at radius 3 is 2.79 bits per heavy atom. The fourth-order valence-corrected chi connectivity index (χ4v) is 2.71. The van der Waals surface area contributed by atoms with Gasteiger partial charge in [0.25, 0.3) is 5.91 Å². The van der Waals surface area contributed by atoms with Crippen LogP contribution in [0.5, 0.6) is 0 Å². The lowest BCUT2D eigenvalue weighted by Gasteiger charge is -2.22. The predicted molar refractivity (Wildman–Crippen MR) is 79.7 cm³/mol. The second-order valence-electron chi connectivity index (χ2n) is 5.63. The van der Waals surface area contributed by atoms with Crippen molar-refractivity contribution in [2.75, 3.05) is 20.1 Å². The van der Waals surface area contributed by atoms with E-state index in [0.717, 1.165) is 23.7 Å². The highest BCUT2D eigenvalue weighted by Gasteiger charge is 2.34. The van der Waals surface area contributed by atoms with Crippen LogP contribution in [-0.2, 0) is 6.18 Å². The summed E-state index contributed by atoms with van der Waals surface area (Å²) < 4.78 is 40.2. The zero-order valence-corrected chi connectivity index (χ0v) is 12.9. The molecule has 1 unspecified atom stereocenters. The molecule has 0 bridgehead atoms. The third-order valence-corrected chi connectivity index (χ3v) is 4.07. The molecule has 24 heavy (non-hydrogen) atoms. The maximum absolute atomic E-state index is 13.1. The predicted octanol–water partition coefficient (Wildman–Crippen LogP) is 1.72. The highest BCUT2D eigenvalue weighted by Crippen LogP contribution is 2.33. The van der Waals surface area contributed by atoms with Crippen LogP contribution in [0, 0.1) is 0 Å². The molecule has 2 aromatic rings. The van der Waals surface area contributed by atoms with Crippen LogP contribution in [0.15, 0.2) is 30.5 Å². The lowest BCUT2D eigenvalue weighted by atomic mass is 10.1. The van der Waals surface area contributed by atoms with Crippen LogP contribution in [-0.4, -0.2) is 52.0 Å². The molecule has 128 valence electrons. The van der Waals surface area contributed by atoms with Crippen LogP contribution < -0.4 is 5.32 Å². The SMILES string of the molecule is CN(C(=O)c1cn(-c2ccccc2C(F)(F)F)nn1)C1CCNC1. The van der Waals surface area contributed by atoms with E-state index in [0.29, 0.717) is 6.54 Å². The smallest absolute Gasteiger partial charge is 0.336 e. The largest absolute Gasteiger partial charge is 0.418 e. The van der Waals surface area contributed by atoms with E-state index in [2.05, 4.69) is 15.6 Å². The normalized spacial score (nSPS) is 17.9. The summed E-state index contributed by atoms with van der Waals surface area (Å²) in [5, 5.41) is 10.6. The van der Waals surface area contributed by atoms with Gasteiger partial charge in [0.15, 0.2) is 5.69 Å². The Morgan fingerprint density at radius 1 is 1.38 bits per heavy atom. The van der Waals surface area contributed by atoms with Crippen molar-refractivity contribution in [2.24, 2.45) is 0 Å². The third-order valence-electron chi connectivity index (χ3n) is 4.07. The maximum atomic E-state index is 13.1. The van der Waals surface area contributed by atoms with Crippen molar-refractivity contribution >= 4 is 5.91 Å². The van der Waals surface area contributed by atoms with Crippen molar-refractivity contribution in [2.45, 2.75) is 18.6 Å². The molecular weight excluding hydrogens is 323 g/mol. The number of alkyl halides is 3. The number of nitrogens with one attached hydrogen (secondary N) is 1. The van der Waals surface area contributed by atoms with Crippen LogP contribution in [0.3, 0.4) is 0 Å². The first-order valence-corrected chi connectivity index (χ1v) is 7.45. The number of carbonyl (C=O) groups excluding carboxylic acids is 1. The second kappa shape index (κ2) is 6.23. The van der Waals surface area contributed by atoms with Gasteiger partial charge in [0.2, 0.25) is 0 Å². The fourth-order valence-electron chi connectivity index (χ4n) is 2.71. The zero-order chi connectivity index (χ0) is 17.3. The summed E-state index contributed by atoms with van der Waals surface area (Å²) >= 11 is 0. The standard InChI is InChI=1S/C15H16F3N5O/c1-22(10-6-7-19-8-10)14(24)12-9-23(21-20-12)13-5-3-2-4-11(13)15(16,17)18/h2-5,9-10,19H,6-8H2,1H3. The van der Waals surface area contributed by atoms with Crippen LogP contribution >= 0.6 is 0 Å². The number of nitrogens with zero attached hydrogens (tertiary/aromatic N) is 4. The number of hydrogen-bond donors (Lipinski definition) is 1. The Bertz CT molecular complexity index is 737. The van der Waals surface area contributed by atoms with Gasteiger partial charge in [-0.1, -0.05) is 17.3 Å². The molecule has 1 aliphatic rings. The van der Waals surface area contributed by atoms with Crippen molar-refractivity contribution in [1.82, 2.24) is 25.2 Å². The molecule has 1 atom stereocenters. The average molecular weight is 339 g/mol.